The molecule has 0 saturated heterocycles. The molecule has 1 heterocycles. The Bertz CT molecular complexity index is 574. The van der Waals surface area contributed by atoms with Crippen LogP contribution in [-0.2, 0) is 0 Å². The van der Waals surface area contributed by atoms with E-state index in [1.54, 1.807) is 36.5 Å². The first-order valence-corrected chi connectivity index (χ1v) is 5.85. The first kappa shape index (κ1) is 12.8. The second-order valence-corrected chi connectivity index (χ2v) is 3.98. The highest BCUT2D eigenvalue weighted by Gasteiger charge is 2.03. The van der Waals surface area contributed by atoms with Crippen LogP contribution in [0.3, 0.4) is 0 Å². The van der Waals surface area contributed by atoms with Gasteiger partial charge in [0.15, 0.2) is 0 Å². The van der Waals surface area contributed by atoms with Gasteiger partial charge < -0.3 is 10.4 Å². The summed E-state index contributed by atoms with van der Waals surface area (Å²) in [6.45, 7) is 4.29. The number of aromatic carboxylic acids is 1. The van der Waals surface area contributed by atoms with Crippen molar-refractivity contribution in [2.24, 2.45) is 0 Å². The summed E-state index contributed by atoms with van der Waals surface area (Å²) in [6, 6.07) is 10.5. The Kier molecular flexibility index (Phi) is 3.93. The van der Waals surface area contributed by atoms with Crippen LogP contribution in [0.2, 0.25) is 0 Å². The van der Waals surface area contributed by atoms with Gasteiger partial charge >= 0.3 is 5.97 Å². The van der Waals surface area contributed by atoms with Gasteiger partial charge in [-0.15, -0.1) is 6.58 Å². The first-order valence-electron chi connectivity index (χ1n) is 5.85. The maximum Gasteiger partial charge on any atom is 0.335 e. The highest BCUT2D eigenvalue weighted by atomic mass is 16.4. The normalized spacial score (nSPS) is 9.89. The van der Waals surface area contributed by atoms with Gasteiger partial charge in [0.25, 0.3) is 0 Å². The number of benzene rings is 1. The van der Waals surface area contributed by atoms with E-state index in [-0.39, 0.29) is 5.56 Å². The summed E-state index contributed by atoms with van der Waals surface area (Å²) in [5.41, 5.74) is 2.16. The highest BCUT2D eigenvalue weighted by molar-refractivity contribution is 5.88. The van der Waals surface area contributed by atoms with Crippen molar-refractivity contribution in [3.05, 3.63) is 60.8 Å². The quantitative estimate of drug-likeness (QED) is 0.805. The second kappa shape index (κ2) is 5.82. The predicted molar refractivity (Wildman–Crippen MR) is 75.3 cm³/mol. The predicted octanol–water partition coefficient (Wildman–Crippen LogP) is 3.04. The molecule has 0 bridgehead atoms. The number of carboxylic acids is 1. The molecule has 0 aliphatic heterocycles. The smallest absolute Gasteiger partial charge is 0.335 e. The zero-order chi connectivity index (χ0) is 13.7. The molecule has 0 radical (unpaired) electrons. The molecule has 2 aromatic rings. The molecule has 96 valence electrons. The van der Waals surface area contributed by atoms with E-state index in [0.717, 1.165) is 16.9 Å². The molecule has 0 aliphatic carbocycles. The maximum atomic E-state index is 10.8. The fourth-order valence-corrected chi connectivity index (χ4v) is 1.65. The topological polar surface area (TPSA) is 62.2 Å². The number of nitrogens with zero attached hydrogens (tertiary/aromatic N) is 1. The van der Waals surface area contributed by atoms with Crippen molar-refractivity contribution in [1.29, 1.82) is 0 Å². The molecule has 2 rings (SSSR count). The first-order chi connectivity index (χ1) is 9.20. The SMILES string of the molecule is C=CCNc1ccc(-c2ccc(C(=O)O)cc2)cn1. The van der Waals surface area contributed by atoms with E-state index < -0.39 is 5.97 Å². The number of carbonyl (C=O) groups is 1. The number of rotatable bonds is 5. The zero-order valence-electron chi connectivity index (χ0n) is 10.3. The van der Waals surface area contributed by atoms with Crippen LogP contribution in [0.15, 0.2) is 55.3 Å². The average molecular weight is 254 g/mol. The van der Waals surface area contributed by atoms with Crippen molar-refractivity contribution in [2.75, 3.05) is 11.9 Å². The number of hydrogen-bond acceptors (Lipinski definition) is 3. The largest absolute Gasteiger partial charge is 0.478 e. The van der Waals surface area contributed by atoms with E-state index in [1.807, 2.05) is 12.1 Å². The van der Waals surface area contributed by atoms with Crippen LogP contribution < -0.4 is 5.32 Å². The number of hydrogen-bond donors (Lipinski definition) is 2. The monoisotopic (exact) mass is 254 g/mol. The molecular formula is C15H14N2O2. The molecule has 4 heteroatoms. The molecule has 19 heavy (non-hydrogen) atoms. The number of nitrogens with one attached hydrogen (secondary N) is 1. The summed E-state index contributed by atoms with van der Waals surface area (Å²) in [5.74, 6) is -0.139. The molecule has 1 aromatic carbocycles. The van der Waals surface area contributed by atoms with E-state index in [2.05, 4.69) is 16.9 Å². The summed E-state index contributed by atoms with van der Waals surface area (Å²) in [5, 5.41) is 11.9. The van der Waals surface area contributed by atoms with Gasteiger partial charge in [-0.05, 0) is 29.8 Å². The van der Waals surface area contributed by atoms with Crippen LogP contribution in [0.1, 0.15) is 10.4 Å². The number of aromatic nitrogens is 1. The van der Waals surface area contributed by atoms with E-state index in [9.17, 15) is 4.79 Å². The molecule has 0 spiro atoms. The average Bonchev–Trinajstić information content (AvgIpc) is 2.46. The Morgan fingerprint density at radius 2 is 1.89 bits per heavy atom. The number of anilines is 1. The van der Waals surface area contributed by atoms with Gasteiger partial charge in [-0.3, -0.25) is 0 Å². The Hall–Kier alpha value is -2.62. The minimum absolute atomic E-state index is 0.279. The van der Waals surface area contributed by atoms with Crippen molar-refractivity contribution >= 4 is 11.8 Å². The zero-order valence-corrected chi connectivity index (χ0v) is 10.3. The Balaban J connectivity index is 2.17. The van der Waals surface area contributed by atoms with Gasteiger partial charge in [0, 0.05) is 18.3 Å². The highest BCUT2D eigenvalue weighted by Crippen LogP contribution is 2.20. The lowest BCUT2D eigenvalue weighted by Gasteiger charge is -2.05. The molecule has 0 aliphatic rings. The molecule has 2 N–H and O–H groups in total. The van der Waals surface area contributed by atoms with Gasteiger partial charge in [-0.2, -0.15) is 0 Å². The summed E-state index contributed by atoms with van der Waals surface area (Å²) in [7, 11) is 0. The van der Waals surface area contributed by atoms with Crippen LogP contribution in [0.25, 0.3) is 11.1 Å². The second-order valence-electron chi connectivity index (χ2n) is 3.98. The molecule has 0 amide bonds. The minimum atomic E-state index is -0.923. The van der Waals surface area contributed by atoms with Crippen LogP contribution in [0.4, 0.5) is 5.82 Å². The van der Waals surface area contributed by atoms with Crippen molar-refractivity contribution in [3.8, 4) is 11.1 Å². The molecular weight excluding hydrogens is 240 g/mol. The van der Waals surface area contributed by atoms with E-state index in [4.69, 9.17) is 5.11 Å². The Morgan fingerprint density at radius 3 is 2.42 bits per heavy atom. The molecule has 1 aromatic heterocycles. The van der Waals surface area contributed by atoms with Gasteiger partial charge in [-0.25, -0.2) is 9.78 Å². The van der Waals surface area contributed by atoms with Crippen molar-refractivity contribution in [2.45, 2.75) is 0 Å². The molecule has 0 saturated carbocycles. The molecule has 0 atom stereocenters. The number of carboxylic acid groups (broad SMARTS) is 1. The fourth-order valence-electron chi connectivity index (χ4n) is 1.65. The van der Waals surface area contributed by atoms with E-state index in [1.165, 1.54) is 0 Å². The van der Waals surface area contributed by atoms with Crippen LogP contribution in [0, 0.1) is 0 Å². The van der Waals surface area contributed by atoms with Crippen LogP contribution in [-0.4, -0.2) is 22.6 Å². The lowest BCUT2D eigenvalue weighted by molar-refractivity contribution is 0.0697. The van der Waals surface area contributed by atoms with Crippen molar-refractivity contribution < 1.29 is 9.90 Å². The lowest BCUT2D eigenvalue weighted by atomic mass is 10.1. The van der Waals surface area contributed by atoms with Crippen LogP contribution in [0.5, 0.6) is 0 Å². The summed E-state index contributed by atoms with van der Waals surface area (Å²) >= 11 is 0. The number of pyridine rings is 1. The standard InChI is InChI=1S/C15H14N2O2/c1-2-9-16-14-8-7-13(10-17-14)11-3-5-12(6-4-11)15(18)19/h2-8,10H,1,9H2,(H,16,17)(H,18,19). The van der Waals surface area contributed by atoms with Crippen molar-refractivity contribution in [3.63, 3.8) is 0 Å². The van der Waals surface area contributed by atoms with Crippen LogP contribution >= 0.6 is 0 Å². The molecule has 4 nitrogen and oxygen atoms in total. The third-order valence-corrected chi connectivity index (χ3v) is 2.66. The van der Waals surface area contributed by atoms with E-state index in [0.29, 0.717) is 6.54 Å². The minimum Gasteiger partial charge on any atom is -0.478 e. The molecule has 0 unspecified atom stereocenters. The molecule has 0 fully saturated rings. The maximum absolute atomic E-state index is 10.8. The summed E-state index contributed by atoms with van der Waals surface area (Å²) in [6.07, 6.45) is 3.52. The van der Waals surface area contributed by atoms with Gasteiger partial charge in [0.1, 0.15) is 5.82 Å². The Morgan fingerprint density at radius 1 is 1.21 bits per heavy atom. The summed E-state index contributed by atoms with van der Waals surface area (Å²) in [4.78, 5) is 15.0. The summed E-state index contributed by atoms with van der Waals surface area (Å²) < 4.78 is 0. The van der Waals surface area contributed by atoms with Gasteiger partial charge in [0.2, 0.25) is 0 Å². The third-order valence-electron chi connectivity index (χ3n) is 2.66. The lowest BCUT2D eigenvalue weighted by Crippen LogP contribution is -1.99. The van der Waals surface area contributed by atoms with E-state index >= 15 is 0 Å². The van der Waals surface area contributed by atoms with Crippen molar-refractivity contribution in [1.82, 2.24) is 4.98 Å². The third kappa shape index (κ3) is 3.19. The Labute approximate surface area is 111 Å². The van der Waals surface area contributed by atoms with Gasteiger partial charge in [0.05, 0.1) is 5.56 Å². The van der Waals surface area contributed by atoms with Gasteiger partial charge in [-0.1, -0.05) is 18.2 Å². The fraction of sp³-hybridized carbons (Fsp3) is 0.0667.